The summed E-state index contributed by atoms with van der Waals surface area (Å²) in [5, 5.41) is 2.84. The number of carbonyl (C=O) groups is 2. The normalized spacial score (nSPS) is 13.3. The van der Waals surface area contributed by atoms with Crippen LogP contribution in [-0.4, -0.2) is 50.0 Å². The Labute approximate surface area is 208 Å². The van der Waals surface area contributed by atoms with Gasteiger partial charge in [0.2, 0.25) is 21.8 Å². The Morgan fingerprint density at radius 1 is 1.00 bits per heavy atom. The number of carbonyl (C=O) groups excluding carboxylic acids is 2. The summed E-state index contributed by atoms with van der Waals surface area (Å²) < 4.78 is 40.7. The number of nitrogens with one attached hydrogen (secondary N) is 1. The lowest BCUT2D eigenvalue weighted by Gasteiger charge is -2.32. The molecular weight excluding hydrogens is 469 g/mol. The maximum atomic E-state index is 14.4. The molecule has 0 fully saturated rings. The van der Waals surface area contributed by atoms with Crippen molar-refractivity contribution in [3.05, 3.63) is 65.5 Å². The lowest BCUT2D eigenvalue weighted by molar-refractivity contribution is -0.139. The second-order valence-electron chi connectivity index (χ2n) is 9.12. The number of benzene rings is 2. The molecule has 0 unspecified atom stereocenters. The van der Waals surface area contributed by atoms with E-state index in [2.05, 4.69) is 5.32 Å². The predicted molar refractivity (Wildman–Crippen MR) is 137 cm³/mol. The van der Waals surface area contributed by atoms with E-state index in [1.165, 1.54) is 23.1 Å². The van der Waals surface area contributed by atoms with Gasteiger partial charge in [0, 0.05) is 18.2 Å². The predicted octanol–water partition coefficient (Wildman–Crippen LogP) is 4.05. The minimum absolute atomic E-state index is 0.109. The monoisotopic (exact) mass is 505 g/mol. The van der Waals surface area contributed by atoms with Crippen LogP contribution in [0.2, 0.25) is 0 Å². The van der Waals surface area contributed by atoms with Crippen molar-refractivity contribution >= 4 is 27.5 Å². The second-order valence-corrected chi connectivity index (χ2v) is 11.0. The van der Waals surface area contributed by atoms with Crippen molar-refractivity contribution in [2.75, 3.05) is 17.1 Å². The van der Waals surface area contributed by atoms with E-state index in [0.717, 1.165) is 16.1 Å². The summed E-state index contributed by atoms with van der Waals surface area (Å²) in [6.45, 7) is 8.68. The third-order valence-electron chi connectivity index (χ3n) is 5.99. The highest BCUT2D eigenvalue weighted by atomic mass is 32.2. The second kappa shape index (κ2) is 12.2. The molecule has 192 valence electrons. The number of anilines is 1. The Morgan fingerprint density at radius 3 is 2.11 bits per heavy atom. The smallest absolute Gasteiger partial charge is 0.244 e. The highest BCUT2D eigenvalue weighted by Gasteiger charge is 2.31. The van der Waals surface area contributed by atoms with Crippen molar-refractivity contribution in [2.45, 2.75) is 65.6 Å². The van der Waals surface area contributed by atoms with Crippen LogP contribution in [0, 0.1) is 5.82 Å². The van der Waals surface area contributed by atoms with Crippen molar-refractivity contribution in [1.29, 1.82) is 0 Å². The van der Waals surface area contributed by atoms with Gasteiger partial charge in [0.1, 0.15) is 18.4 Å². The lowest BCUT2D eigenvalue weighted by Crippen LogP contribution is -2.52. The van der Waals surface area contributed by atoms with E-state index in [9.17, 15) is 22.4 Å². The van der Waals surface area contributed by atoms with Gasteiger partial charge in [0.25, 0.3) is 0 Å². The molecule has 0 saturated heterocycles. The van der Waals surface area contributed by atoms with Crippen molar-refractivity contribution in [3.63, 3.8) is 0 Å². The molecule has 2 amide bonds. The molecule has 2 aromatic rings. The lowest BCUT2D eigenvalue weighted by atomic mass is 10.0. The van der Waals surface area contributed by atoms with Gasteiger partial charge in [0.15, 0.2) is 0 Å². The average Bonchev–Trinajstić information content (AvgIpc) is 2.80. The molecular formula is C26H36FN3O4S. The van der Waals surface area contributed by atoms with Crippen LogP contribution in [-0.2, 0) is 26.2 Å². The first kappa shape index (κ1) is 28.3. The molecule has 0 spiro atoms. The van der Waals surface area contributed by atoms with Crippen molar-refractivity contribution in [1.82, 2.24) is 10.2 Å². The zero-order valence-electron chi connectivity index (χ0n) is 21.3. The summed E-state index contributed by atoms with van der Waals surface area (Å²) in [7, 11) is -3.82. The van der Waals surface area contributed by atoms with Crippen molar-refractivity contribution < 1.29 is 22.4 Å². The molecule has 0 aromatic heterocycles. The third-order valence-corrected chi connectivity index (χ3v) is 7.13. The topological polar surface area (TPSA) is 86.8 Å². The van der Waals surface area contributed by atoms with E-state index in [1.807, 2.05) is 39.8 Å². The van der Waals surface area contributed by atoms with Crippen LogP contribution >= 0.6 is 0 Å². The van der Waals surface area contributed by atoms with Crippen LogP contribution in [0.25, 0.3) is 0 Å². The summed E-state index contributed by atoms with van der Waals surface area (Å²) in [4.78, 5) is 27.6. The molecule has 2 aromatic carbocycles. The minimum atomic E-state index is -3.82. The summed E-state index contributed by atoms with van der Waals surface area (Å²) >= 11 is 0. The maximum absolute atomic E-state index is 14.4. The zero-order chi connectivity index (χ0) is 26.3. The van der Waals surface area contributed by atoms with Crippen LogP contribution in [0.1, 0.15) is 58.1 Å². The molecule has 0 aliphatic carbocycles. The fourth-order valence-electron chi connectivity index (χ4n) is 3.50. The molecule has 7 nitrogen and oxygen atoms in total. The highest BCUT2D eigenvalue weighted by Crippen LogP contribution is 2.23. The van der Waals surface area contributed by atoms with Gasteiger partial charge in [-0.1, -0.05) is 51.1 Å². The molecule has 0 bridgehead atoms. The molecule has 0 saturated carbocycles. The Balaban J connectivity index is 2.40. The van der Waals surface area contributed by atoms with Gasteiger partial charge in [-0.05, 0) is 49.9 Å². The highest BCUT2D eigenvalue weighted by molar-refractivity contribution is 7.92. The van der Waals surface area contributed by atoms with E-state index < -0.39 is 40.2 Å². The SMILES string of the molecule is CC[C@@H](C)NC(=O)[C@H](C)N(Cc1ccccc1F)C(=O)CN(c1ccc(C(C)C)cc1)S(C)(=O)=O. The zero-order valence-corrected chi connectivity index (χ0v) is 22.1. The van der Waals surface area contributed by atoms with Gasteiger partial charge in [-0.2, -0.15) is 0 Å². The van der Waals surface area contributed by atoms with E-state index in [1.54, 1.807) is 25.1 Å². The van der Waals surface area contributed by atoms with Gasteiger partial charge >= 0.3 is 0 Å². The maximum Gasteiger partial charge on any atom is 0.244 e. The van der Waals surface area contributed by atoms with E-state index in [4.69, 9.17) is 0 Å². The molecule has 0 radical (unpaired) electrons. The molecule has 1 N–H and O–H groups in total. The van der Waals surface area contributed by atoms with Crippen molar-refractivity contribution in [2.24, 2.45) is 0 Å². The van der Waals surface area contributed by atoms with Crippen LogP contribution in [0.15, 0.2) is 48.5 Å². The van der Waals surface area contributed by atoms with Gasteiger partial charge in [0.05, 0.1) is 11.9 Å². The van der Waals surface area contributed by atoms with Gasteiger partial charge in [-0.25, -0.2) is 12.8 Å². The molecule has 0 aliphatic heterocycles. The van der Waals surface area contributed by atoms with Crippen LogP contribution in [0.4, 0.5) is 10.1 Å². The Morgan fingerprint density at radius 2 is 1.60 bits per heavy atom. The molecule has 0 heterocycles. The van der Waals surface area contributed by atoms with Crippen LogP contribution in [0.5, 0.6) is 0 Å². The quantitative estimate of drug-likeness (QED) is 0.499. The average molecular weight is 506 g/mol. The summed E-state index contributed by atoms with van der Waals surface area (Å²) in [5.74, 6) is -1.25. The standard InChI is InChI=1S/C26H36FN3O4S/c1-7-19(4)28-26(32)20(5)29(16-22-10-8-9-11-24(22)27)25(31)17-30(35(6,33)34)23-14-12-21(13-15-23)18(2)3/h8-15,18-20H,7,16-17H2,1-6H3,(H,28,32)/t19-,20+/m1/s1. The molecule has 0 aliphatic rings. The van der Waals surface area contributed by atoms with Gasteiger partial charge < -0.3 is 10.2 Å². The van der Waals surface area contributed by atoms with Gasteiger partial charge in [-0.15, -0.1) is 0 Å². The number of halogens is 1. The largest absolute Gasteiger partial charge is 0.352 e. The van der Waals surface area contributed by atoms with Crippen molar-refractivity contribution in [3.8, 4) is 0 Å². The molecule has 2 atom stereocenters. The Hall–Kier alpha value is -2.94. The van der Waals surface area contributed by atoms with E-state index in [-0.39, 0.29) is 24.1 Å². The minimum Gasteiger partial charge on any atom is -0.352 e. The molecule has 9 heteroatoms. The first-order valence-electron chi connectivity index (χ1n) is 11.8. The summed E-state index contributed by atoms with van der Waals surface area (Å²) in [5.41, 5.74) is 1.61. The van der Waals surface area contributed by atoms with E-state index >= 15 is 0 Å². The number of amides is 2. The molecule has 35 heavy (non-hydrogen) atoms. The molecule has 2 rings (SSSR count). The summed E-state index contributed by atoms with van der Waals surface area (Å²) in [6, 6.07) is 11.9. The first-order valence-corrected chi connectivity index (χ1v) is 13.6. The van der Waals surface area contributed by atoms with E-state index in [0.29, 0.717) is 12.1 Å². The summed E-state index contributed by atoms with van der Waals surface area (Å²) in [6.07, 6.45) is 1.73. The number of nitrogens with zero attached hydrogens (tertiary/aromatic N) is 2. The number of hydrogen-bond donors (Lipinski definition) is 1. The number of hydrogen-bond acceptors (Lipinski definition) is 4. The Kier molecular flexibility index (Phi) is 9.82. The van der Waals surface area contributed by atoms with Crippen LogP contribution in [0.3, 0.4) is 0 Å². The Bertz CT molecular complexity index is 1120. The third kappa shape index (κ3) is 7.78. The van der Waals surface area contributed by atoms with Gasteiger partial charge in [-0.3, -0.25) is 13.9 Å². The fraction of sp³-hybridized carbons (Fsp3) is 0.462. The first-order chi connectivity index (χ1) is 16.3. The number of rotatable bonds is 11. The number of sulfonamides is 1. The fourth-order valence-corrected chi connectivity index (χ4v) is 4.35. The van der Waals surface area contributed by atoms with Crippen LogP contribution < -0.4 is 9.62 Å².